The van der Waals surface area contributed by atoms with Gasteiger partial charge in [0.2, 0.25) is 0 Å². The molecular weight excluding hydrogens is 248 g/mol. The highest BCUT2D eigenvalue weighted by atomic mass is 32.2. The molecule has 4 nitrogen and oxygen atoms in total. The Hall–Kier alpha value is -1.85. The highest BCUT2D eigenvalue weighted by Gasteiger charge is 2.04. The van der Waals surface area contributed by atoms with Crippen molar-refractivity contribution in [3.05, 3.63) is 64.9 Å². The molecule has 0 atom stereocenters. The Morgan fingerprint density at radius 1 is 0.944 bits per heavy atom. The number of rotatable bonds is 4. The second-order valence-corrected chi connectivity index (χ2v) is 5.36. The van der Waals surface area contributed by atoms with E-state index < -0.39 is 10.0 Å². The maximum absolute atomic E-state index is 12.1. The van der Waals surface area contributed by atoms with Crippen LogP contribution in [0.1, 0.15) is 5.56 Å². The van der Waals surface area contributed by atoms with Crippen molar-refractivity contribution in [1.29, 1.82) is 0 Å². The number of hydrogen-bond acceptors (Lipinski definition) is 2. The van der Waals surface area contributed by atoms with E-state index in [-0.39, 0.29) is 4.90 Å². The zero-order chi connectivity index (χ0) is 13.0. The Morgan fingerprint density at radius 3 is 2.22 bits per heavy atom. The smallest absolute Gasteiger partial charge is 0.123 e. The van der Waals surface area contributed by atoms with Crippen LogP contribution in [0.5, 0.6) is 0 Å². The molecule has 18 heavy (non-hydrogen) atoms. The minimum atomic E-state index is -3.65. The molecule has 0 aliphatic heterocycles. The highest BCUT2D eigenvalue weighted by Crippen LogP contribution is 2.30. The maximum Gasteiger partial charge on any atom is 0.123 e. The van der Waals surface area contributed by atoms with Crippen LogP contribution in [0.3, 0.4) is 0 Å². The second-order valence-electron chi connectivity index (χ2n) is 3.76. The van der Waals surface area contributed by atoms with Crippen LogP contribution in [-0.4, -0.2) is 8.42 Å². The van der Waals surface area contributed by atoms with Crippen molar-refractivity contribution in [2.45, 2.75) is 11.4 Å². The van der Waals surface area contributed by atoms with E-state index in [0.717, 1.165) is 5.56 Å². The van der Waals surface area contributed by atoms with E-state index in [0.29, 0.717) is 12.2 Å². The van der Waals surface area contributed by atoms with Crippen LogP contribution in [0.15, 0.2) is 59.5 Å². The summed E-state index contributed by atoms with van der Waals surface area (Å²) in [6, 6.07) is 15.3. The van der Waals surface area contributed by atoms with Gasteiger partial charge in [-0.2, -0.15) is 0 Å². The zero-order valence-corrected chi connectivity index (χ0v) is 10.6. The van der Waals surface area contributed by atoms with Crippen LogP contribution >= 0.6 is 0 Å². The molecule has 2 aromatic rings. The number of nitrogens with zero attached hydrogens (tertiary/aromatic N) is 1. The monoisotopic (exact) mass is 262 g/mol. The molecule has 0 aliphatic rings. The summed E-state index contributed by atoms with van der Waals surface area (Å²) < 4.78 is 28.0. The Labute approximate surface area is 107 Å². The highest BCUT2D eigenvalue weighted by molar-refractivity contribution is 7.94. The van der Waals surface area contributed by atoms with E-state index >= 15 is 0 Å². The number of sulfonamides is 1. The standard InChI is InChI=1S/C13H13N2O2S/c14-10-11-6-4-5-9-13(11)15-18(16,17)12-7-2-1-3-8-12/h1-9H,10,14H2/q-1/p+1. The summed E-state index contributed by atoms with van der Waals surface area (Å²) in [4.78, 5) is 0.198. The fourth-order valence-electron chi connectivity index (χ4n) is 1.59. The minimum absolute atomic E-state index is 0.198. The van der Waals surface area contributed by atoms with Gasteiger partial charge in [0.05, 0.1) is 11.4 Å². The Kier molecular flexibility index (Phi) is 3.64. The van der Waals surface area contributed by atoms with E-state index in [1.807, 2.05) is 12.1 Å². The van der Waals surface area contributed by atoms with Crippen molar-refractivity contribution in [1.82, 2.24) is 0 Å². The number of quaternary nitrogens is 1. The first-order chi connectivity index (χ1) is 8.63. The lowest BCUT2D eigenvalue weighted by Crippen LogP contribution is -2.47. The van der Waals surface area contributed by atoms with Gasteiger partial charge in [-0.05, 0) is 17.7 Å². The zero-order valence-electron chi connectivity index (χ0n) is 9.78. The molecule has 0 unspecified atom stereocenters. The molecular formula is C13H14N2O2S. The summed E-state index contributed by atoms with van der Waals surface area (Å²) in [5, 5.41) is 0. The third-order valence-corrected chi connectivity index (χ3v) is 3.83. The first kappa shape index (κ1) is 12.6. The largest absolute Gasteiger partial charge is 0.572 e. The molecule has 0 saturated carbocycles. The molecule has 2 aromatic carbocycles. The molecule has 0 amide bonds. The average Bonchev–Trinajstić information content (AvgIpc) is 2.40. The van der Waals surface area contributed by atoms with Crippen LogP contribution in [0.4, 0.5) is 5.69 Å². The van der Waals surface area contributed by atoms with Crippen molar-refractivity contribution in [2.24, 2.45) is 0 Å². The van der Waals surface area contributed by atoms with Gasteiger partial charge < -0.3 is 10.5 Å². The van der Waals surface area contributed by atoms with E-state index in [9.17, 15) is 8.42 Å². The van der Waals surface area contributed by atoms with Crippen molar-refractivity contribution in [2.75, 3.05) is 0 Å². The lowest BCUT2D eigenvalue weighted by atomic mass is 10.2. The molecule has 5 heteroatoms. The van der Waals surface area contributed by atoms with Gasteiger partial charge in [-0.1, -0.05) is 42.5 Å². The van der Waals surface area contributed by atoms with Crippen LogP contribution < -0.4 is 5.73 Å². The van der Waals surface area contributed by atoms with Crippen molar-refractivity contribution in [3.63, 3.8) is 0 Å². The van der Waals surface area contributed by atoms with Gasteiger partial charge in [0.15, 0.2) is 0 Å². The molecule has 0 aromatic heterocycles. The average molecular weight is 262 g/mol. The van der Waals surface area contributed by atoms with Crippen molar-refractivity contribution >= 4 is 15.7 Å². The van der Waals surface area contributed by atoms with Crippen LogP contribution in [-0.2, 0) is 16.6 Å². The van der Waals surface area contributed by atoms with Gasteiger partial charge in [-0.25, -0.2) is 8.42 Å². The first-order valence-corrected chi connectivity index (χ1v) is 6.98. The normalized spacial score (nSPS) is 11.2. The first-order valence-electron chi connectivity index (χ1n) is 5.54. The molecule has 2 rings (SSSR count). The predicted molar refractivity (Wildman–Crippen MR) is 69.7 cm³/mol. The third kappa shape index (κ3) is 2.69. The minimum Gasteiger partial charge on any atom is -0.572 e. The lowest BCUT2D eigenvalue weighted by Gasteiger charge is -2.23. The topological polar surface area (TPSA) is 75.9 Å². The molecule has 0 spiro atoms. The summed E-state index contributed by atoms with van der Waals surface area (Å²) in [6.45, 7) is 0.504. The fourth-order valence-corrected chi connectivity index (χ4v) is 2.63. The van der Waals surface area contributed by atoms with Crippen LogP contribution in [0.2, 0.25) is 0 Å². The number of hydrogen-bond donors (Lipinski definition) is 1. The quantitative estimate of drug-likeness (QED) is 0.912. The molecule has 0 heterocycles. The van der Waals surface area contributed by atoms with Gasteiger partial charge in [-0.15, -0.1) is 5.69 Å². The van der Waals surface area contributed by atoms with Crippen molar-refractivity contribution < 1.29 is 14.2 Å². The number of benzene rings is 2. The summed E-state index contributed by atoms with van der Waals surface area (Å²) in [5.41, 5.74) is 5.04. The SMILES string of the molecule is [NH3+]Cc1ccccc1[N-]S(=O)(=O)c1ccccc1. The van der Waals surface area contributed by atoms with E-state index in [4.69, 9.17) is 0 Å². The molecule has 3 N–H and O–H groups in total. The van der Waals surface area contributed by atoms with Gasteiger partial charge in [0.1, 0.15) is 10.0 Å². The predicted octanol–water partition coefficient (Wildman–Crippen LogP) is 1.82. The molecule has 0 radical (unpaired) electrons. The van der Waals surface area contributed by atoms with Gasteiger partial charge >= 0.3 is 0 Å². The fraction of sp³-hybridized carbons (Fsp3) is 0.0769. The summed E-state index contributed by atoms with van der Waals surface area (Å²) in [5.74, 6) is 0. The summed E-state index contributed by atoms with van der Waals surface area (Å²) in [7, 11) is -3.65. The summed E-state index contributed by atoms with van der Waals surface area (Å²) >= 11 is 0. The molecule has 94 valence electrons. The Balaban J connectivity index is 2.34. The molecule has 0 bridgehead atoms. The van der Waals surface area contributed by atoms with Gasteiger partial charge in [-0.3, -0.25) is 0 Å². The molecule has 0 aliphatic carbocycles. The van der Waals surface area contributed by atoms with E-state index in [1.165, 1.54) is 12.1 Å². The van der Waals surface area contributed by atoms with Gasteiger partial charge in [0, 0.05) is 0 Å². The third-order valence-electron chi connectivity index (χ3n) is 2.52. The molecule has 0 saturated heterocycles. The van der Waals surface area contributed by atoms with Gasteiger partial charge in [0.25, 0.3) is 0 Å². The van der Waals surface area contributed by atoms with E-state index in [2.05, 4.69) is 10.5 Å². The Morgan fingerprint density at radius 2 is 1.56 bits per heavy atom. The van der Waals surface area contributed by atoms with Crippen molar-refractivity contribution in [3.8, 4) is 0 Å². The Bertz CT molecular complexity index is 624. The maximum atomic E-state index is 12.1. The lowest BCUT2D eigenvalue weighted by molar-refractivity contribution is -0.386. The van der Waals surface area contributed by atoms with Crippen LogP contribution in [0.25, 0.3) is 4.72 Å². The second kappa shape index (κ2) is 5.20. The van der Waals surface area contributed by atoms with Crippen LogP contribution in [0, 0.1) is 0 Å². The summed E-state index contributed by atoms with van der Waals surface area (Å²) in [6.07, 6.45) is 0. The van der Waals surface area contributed by atoms with E-state index in [1.54, 1.807) is 30.3 Å². The molecule has 0 fully saturated rings.